The Morgan fingerprint density at radius 1 is 0.914 bits per heavy atom. The zero-order valence-corrected chi connectivity index (χ0v) is 22.1. The molecule has 35 heavy (non-hydrogen) atoms. The number of nitrogens with zero attached hydrogens (tertiary/aromatic N) is 1. The maximum absolute atomic E-state index is 12.8. The first kappa shape index (κ1) is 26.8. The first-order valence-electron chi connectivity index (χ1n) is 10.2. The Morgan fingerprint density at radius 2 is 1.51 bits per heavy atom. The van der Waals surface area contributed by atoms with E-state index < -0.39 is 32.0 Å². The minimum Gasteiger partial charge on any atom is -0.324 e. The smallest absolute Gasteiger partial charge is 0.261 e. The molecule has 0 bridgehead atoms. The lowest BCUT2D eigenvalue weighted by atomic mass is 10.2. The van der Waals surface area contributed by atoms with E-state index in [2.05, 4.69) is 10.0 Å². The average molecular weight is 556 g/mol. The second-order valence-corrected chi connectivity index (χ2v) is 12.1. The number of carbonyl (C=O) groups is 1. The fourth-order valence-electron chi connectivity index (χ4n) is 3.28. The Kier molecular flexibility index (Phi) is 8.00. The van der Waals surface area contributed by atoms with E-state index >= 15 is 0 Å². The minimum absolute atomic E-state index is 0.0261. The topological polar surface area (TPSA) is 113 Å². The van der Waals surface area contributed by atoms with Crippen LogP contribution < -0.4 is 14.3 Å². The van der Waals surface area contributed by atoms with E-state index in [1.165, 1.54) is 55.5 Å². The molecule has 0 unspecified atom stereocenters. The SMILES string of the molecule is Cc1c(Cl)cccc1NS(=O)(=O)c1ccc(NC(=O)[C@@H](C)N(c2ccc(Cl)cc2)S(C)(=O)=O)cc1. The molecule has 0 aliphatic heterocycles. The Bertz CT molecular complexity index is 1440. The summed E-state index contributed by atoms with van der Waals surface area (Å²) in [5.74, 6) is -0.603. The van der Waals surface area contributed by atoms with Crippen molar-refractivity contribution in [2.75, 3.05) is 20.6 Å². The zero-order chi connectivity index (χ0) is 26.0. The van der Waals surface area contributed by atoms with Crippen LogP contribution in [0.2, 0.25) is 10.0 Å². The van der Waals surface area contributed by atoms with Crippen LogP contribution >= 0.6 is 23.2 Å². The molecule has 12 heteroatoms. The van der Waals surface area contributed by atoms with Gasteiger partial charge in [0, 0.05) is 15.7 Å². The Hall–Kier alpha value is -2.79. The van der Waals surface area contributed by atoms with Crippen molar-refractivity contribution in [2.24, 2.45) is 0 Å². The molecule has 3 rings (SSSR count). The highest BCUT2D eigenvalue weighted by atomic mass is 35.5. The van der Waals surface area contributed by atoms with E-state index in [1.54, 1.807) is 25.1 Å². The summed E-state index contributed by atoms with van der Waals surface area (Å²) in [6, 6.07) is 15.3. The van der Waals surface area contributed by atoms with Gasteiger partial charge in [-0.1, -0.05) is 29.3 Å². The molecule has 2 N–H and O–H groups in total. The number of carbonyl (C=O) groups excluding carboxylic acids is 1. The largest absolute Gasteiger partial charge is 0.324 e. The summed E-state index contributed by atoms with van der Waals surface area (Å²) in [6.45, 7) is 3.14. The van der Waals surface area contributed by atoms with Gasteiger partial charge in [-0.15, -0.1) is 0 Å². The molecule has 0 aliphatic carbocycles. The van der Waals surface area contributed by atoms with Gasteiger partial charge in [0.05, 0.1) is 22.5 Å². The molecule has 0 heterocycles. The second-order valence-electron chi connectivity index (χ2n) is 7.74. The lowest BCUT2D eigenvalue weighted by molar-refractivity contribution is -0.116. The predicted molar refractivity (Wildman–Crippen MR) is 140 cm³/mol. The number of hydrogen-bond acceptors (Lipinski definition) is 5. The molecule has 3 aromatic carbocycles. The van der Waals surface area contributed by atoms with Crippen molar-refractivity contribution in [1.82, 2.24) is 0 Å². The van der Waals surface area contributed by atoms with Gasteiger partial charge in [-0.25, -0.2) is 16.8 Å². The fourth-order valence-corrected chi connectivity index (χ4v) is 5.88. The Balaban J connectivity index is 1.77. The van der Waals surface area contributed by atoms with Crippen molar-refractivity contribution in [3.05, 3.63) is 82.3 Å². The van der Waals surface area contributed by atoms with Crippen LogP contribution in [0.25, 0.3) is 0 Å². The van der Waals surface area contributed by atoms with Crippen LogP contribution in [0.3, 0.4) is 0 Å². The molecule has 3 aromatic rings. The number of benzene rings is 3. The zero-order valence-electron chi connectivity index (χ0n) is 19.0. The van der Waals surface area contributed by atoms with Crippen LogP contribution in [0.15, 0.2) is 71.6 Å². The van der Waals surface area contributed by atoms with Crippen LogP contribution in [0.4, 0.5) is 17.1 Å². The van der Waals surface area contributed by atoms with Gasteiger partial charge >= 0.3 is 0 Å². The molecule has 1 atom stereocenters. The average Bonchev–Trinajstić information content (AvgIpc) is 2.77. The molecule has 0 aliphatic rings. The maximum atomic E-state index is 12.8. The van der Waals surface area contributed by atoms with Crippen molar-refractivity contribution < 1.29 is 21.6 Å². The minimum atomic E-state index is -3.91. The van der Waals surface area contributed by atoms with Gasteiger partial charge in [0.25, 0.3) is 10.0 Å². The predicted octanol–water partition coefficient (Wildman–Crippen LogP) is 4.90. The second kappa shape index (κ2) is 10.4. The lowest BCUT2D eigenvalue weighted by Crippen LogP contribution is -2.45. The fraction of sp³-hybridized carbons (Fsp3) is 0.174. The summed E-state index contributed by atoms with van der Waals surface area (Å²) < 4.78 is 53.8. The van der Waals surface area contributed by atoms with Crippen LogP contribution in [-0.4, -0.2) is 35.0 Å². The van der Waals surface area contributed by atoms with Gasteiger partial charge in [0.2, 0.25) is 15.9 Å². The van der Waals surface area contributed by atoms with E-state index in [0.717, 1.165) is 10.6 Å². The molecule has 0 saturated heterocycles. The lowest BCUT2D eigenvalue weighted by Gasteiger charge is -2.28. The third-order valence-corrected chi connectivity index (χ3v) is 8.40. The van der Waals surface area contributed by atoms with Gasteiger partial charge in [0.15, 0.2) is 0 Å². The van der Waals surface area contributed by atoms with E-state index in [0.29, 0.717) is 27.0 Å². The van der Waals surface area contributed by atoms with E-state index in [9.17, 15) is 21.6 Å². The highest BCUT2D eigenvalue weighted by Crippen LogP contribution is 2.27. The first-order valence-corrected chi connectivity index (χ1v) is 14.3. The summed E-state index contributed by atoms with van der Waals surface area (Å²) in [4.78, 5) is 12.8. The third kappa shape index (κ3) is 6.46. The number of anilines is 3. The highest BCUT2D eigenvalue weighted by molar-refractivity contribution is 7.92. The third-order valence-electron chi connectivity index (χ3n) is 5.11. The van der Waals surface area contributed by atoms with E-state index in [4.69, 9.17) is 23.2 Å². The molecule has 0 fully saturated rings. The van der Waals surface area contributed by atoms with Gasteiger partial charge in [-0.3, -0.25) is 13.8 Å². The van der Waals surface area contributed by atoms with Gasteiger partial charge in [-0.2, -0.15) is 0 Å². The molecule has 0 saturated carbocycles. The first-order chi connectivity index (χ1) is 16.3. The monoisotopic (exact) mass is 555 g/mol. The van der Waals surface area contributed by atoms with Crippen molar-refractivity contribution in [3.63, 3.8) is 0 Å². The molecule has 1 amide bonds. The van der Waals surface area contributed by atoms with Crippen LogP contribution in [0.1, 0.15) is 12.5 Å². The Morgan fingerprint density at radius 3 is 2.09 bits per heavy atom. The van der Waals surface area contributed by atoms with Gasteiger partial charge in [0.1, 0.15) is 6.04 Å². The molecule has 186 valence electrons. The Labute approximate surface area is 215 Å². The summed E-state index contributed by atoms with van der Waals surface area (Å²) in [5.41, 5.74) is 1.52. The summed E-state index contributed by atoms with van der Waals surface area (Å²) in [7, 11) is -7.70. The van der Waals surface area contributed by atoms with Crippen LogP contribution in [0, 0.1) is 6.92 Å². The van der Waals surface area contributed by atoms with Crippen LogP contribution in [0.5, 0.6) is 0 Å². The molecule has 0 aromatic heterocycles. The number of halogens is 2. The number of nitrogens with one attached hydrogen (secondary N) is 2. The normalized spacial score (nSPS) is 12.6. The van der Waals surface area contributed by atoms with Crippen molar-refractivity contribution in [3.8, 4) is 0 Å². The standard InChI is InChI=1S/C23H23Cl2N3O5S2/c1-15-21(25)5-4-6-22(15)27-35(32,33)20-13-9-18(10-14-20)26-23(29)16(2)28(34(3,30)31)19-11-7-17(24)8-12-19/h4-14,16,27H,1-3H3,(H,26,29)/t16-/m1/s1. The summed E-state index contributed by atoms with van der Waals surface area (Å²) in [5, 5.41) is 3.47. The molecular formula is C23H23Cl2N3O5S2. The maximum Gasteiger partial charge on any atom is 0.261 e. The van der Waals surface area contributed by atoms with Gasteiger partial charge < -0.3 is 5.32 Å². The van der Waals surface area contributed by atoms with E-state index in [-0.39, 0.29) is 10.6 Å². The number of hydrogen-bond donors (Lipinski definition) is 2. The number of amides is 1. The van der Waals surface area contributed by atoms with Crippen molar-refractivity contribution in [1.29, 1.82) is 0 Å². The van der Waals surface area contributed by atoms with Crippen molar-refractivity contribution in [2.45, 2.75) is 24.8 Å². The number of sulfonamides is 2. The highest BCUT2D eigenvalue weighted by Gasteiger charge is 2.29. The molecule has 8 nitrogen and oxygen atoms in total. The number of rotatable bonds is 8. The van der Waals surface area contributed by atoms with Crippen molar-refractivity contribution >= 4 is 66.2 Å². The quantitative estimate of drug-likeness (QED) is 0.410. The van der Waals surface area contributed by atoms with Gasteiger partial charge in [-0.05, 0) is 80.1 Å². The summed E-state index contributed by atoms with van der Waals surface area (Å²) >= 11 is 11.9. The van der Waals surface area contributed by atoms with E-state index in [1.807, 2.05) is 0 Å². The molecular weight excluding hydrogens is 533 g/mol. The molecule has 0 radical (unpaired) electrons. The summed E-state index contributed by atoms with van der Waals surface area (Å²) in [6.07, 6.45) is 1.000. The van der Waals surface area contributed by atoms with Crippen LogP contribution in [-0.2, 0) is 24.8 Å². The molecule has 0 spiro atoms.